The molecule has 0 saturated carbocycles. The Morgan fingerprint density at radius 2 is 1.90 bits per heavy atom. The molecule has 3 aromatic rings. The zero-order chi connectivity index (χ0) is 20.8. The first-order chi connectivity index (χ1) is 14.7. The number of amides is 1. The maximum Gasteiger partial charge on any atom is 0.267 e. The van der Waals surface area contributed by atoms with Crippen LogP contribution in [0, 0.1) is 0 Å². The Morgan fingerprint density at radius 1 is 1.07 bits per heavy atom. The third-order valence-corrected chi connectivity index (χ3v) is 6.27. The molecule has 7 heteroatoms. The number of rotatable bonds is 8. The molecule has 3 heterocycles. The lowest BCUT2D eigenvalue weighted by atomic mass is 10.2. The molecule has 0 radical (unpaired) electrons. The molecule has 1 fully saturated rings. The summed E-state index contributed by atoms with van der Waals surface area (Å²) in [5.41, 5.74) is 1.85. The van der Waals surface area contributed by atoms with Gasteiger partial charge in [-0.25, -0.2) is 0 Å². The third-order valence-electron chi connectivity index (χ3n) is 5.42. The summed E-state index contributed by atoms with van der Waals surface area (Å²) in [6.07, 6.45) is 1.89. The number of thiophene rings is 1. The molecule has 4 rings (SSSR count). The fourth-order valence-electron chi connectivity index (χ4n) is 3.71. The van der Waals surface area contributed by atoms with Gasteiger partial charge in [-0.3, -0.25) is 9.69 Å². The van der Waals surface area contributed by atoms with Crippen LogP contribution < -0.4 is 15.0 Å². The van der Waals surface area contributed by atoms with E-state index in [4.69, 9.17) is 4.74 Å². The average molecular weight is 425 g/mol. The summed E-state index contributed by atoms with van der Waals surface area (Å²) < 4.78 is 7.94. The van der Waals surface area contributed by atoms with E-state index in [-0.39, 0.29) is 5.91 Å². The number of hydrogen-bond acceptors (Lipinski definition) is 5. The van der Waals surface area contributed by atoms with Gasteiger partial charge in [0.15, 0.2) is 0 Å². The van der Waals surface area contributed by atoms with Gasteiger partial charge in [-0.2, -0.15) is 0 Å². The number of anilines is 1. The van der Waals surface area contributed by atoms with Gasteiger partial charge in [-0.15, -0.1) is 11.3 Å². The minimum absolute atomic E-state index is 0.0158. The van der Waals surface area contributed by atoms with E-state index >= 15 is 0 Å². The van der Waals surface area contributed by atoms with Gasteiger partial charge in [0.2, 0.25) is 0 Å². The molecule has 6 nitrogen and oxygen atoms in total. The van der Waals surface area contributed by atoms with Crippen molar-refractivity contribution >= 4 is 22.9 Å². The van der Waals surface area contributed by atoms with Crippen LogP contribution in [0.25, 0.3) is 0 Å². The first-order valence-electron chi connectivity index (χ1n) is 10.3. The quantitative estimate of drug-likeness (QED) is 0.603. The van der Waals surface area contributed by atoms with E-state index in [1.807, 2.05) is 36.0 Å². The molecule has 0 bridgehead atoms. The van der Waals surface area contributed by atoms with E-state index < -0.39 is 0 Å². The first kappa shape index (κ1) is 20.5. The van der Waals surface area contributed by atoms with Crippen molar-refractivity contribution < 1.29 is 9.53 Å². The summed E-state index contributed by atoms with van der Waals surface area (Å²) in [5, 5.41) is 5.10. The molecule has 1 N–H and O–H groups in total. The Kier molecular flexibility index (Phi) is 6.71. The molecule has 0 atom stereocenters. The zero-order valence-corrected chi connectivity index (χ0v) is 18.1. The minimum atomic E-state index is -0.0158. The fourth-order valence-corrected chi connectivity index (χ4v) is 4.33. The molecule has 1 aliphatic rings. The van der Waals surface area contributed by atoms with Crippen molar-refractivity contribution in [3.8, 4) is 5.75 Å². The number of nitrogens with one attached hydrogen (secondary N) is 1. The molecule has 158 valence electrons. The van der Waals surface area contributed by atoms with E-state index in [1.165, 1.54) is 4.88 Å². The highest BCUT2D eigenvalue weighted by Gasteiger charge is 2.20. The summed E-state index contributed by atoms with van der Waals surface area (Å²) in [6.45, 7) is 5.97. The Bertz CT molecular complexity index is 946. The highest BCUT2D eigenvalue weighted by Crippen LogP contribution is 2.29. The predicted octanol–water partition coefficient (Wildman–Crippen LogP) is 3.22. The van der Waals surface area contributed by atoms with Crippen LogP contribution >= 0.6 is 11.3 Å². The Balaban J connectivity index is 1.24. The lowest BCUT2D eigenvalue weighted by molar-refractivity contribution is 0.0939. The average Bonchev–Trinajstić information content (AvgIpc) is 3.45. The van der Waals surface area contributed by atoms with Crippen molar-refractivity contribution in [3.05, 3.63) is 70.7 Å². The third kappa shape index (κ3) is 5.04. The number of nitrogens with zero attached hydrogens (tertiary/aromatic N) is 3. The number of hydrogen-bond donors (Lipinski definition) is 1. The normalized spacial score (nSPS) is 14.6. The number of para-hydroxylation sites is 2. The van der Waals surface area contributed by atoms with Crippen LogP contribution in [0.3, 0.4) is 0 Å². The maximum atomic E-state index is 12.2. The van der Waals surface area contributed by atoms with Crippen LogP contribution in [0.4, 0.5) is 5.69 Å². The van der Waals surface area contributed by atoms with Gasteiger partial charge in [0.25, 0.3) is 5.91 Å². The van der Waals surface area contributed by atoms with Gasteiger partial charge in [-0.1, -0.05) is 18.2 Å². The molecule has 0 aliphatic carbocycles. The van der Waals surface area contributed by atoms with Crippen LogP contribution in [-0.2, 0) is 13.7 Å². The topological polar surface area (TPSA) is 49.7 Å². The van der Waals surface area contributed by atoms with Crippen LogP contribution in [0.1, 0.15) is 15.4 Å². The Morgan fingerprint density at radius 3 is 2.63 bits per heavy atom. The SMILES string of the molecule is Cn1cccc1C(=O)NCCN1CCN(c2ccccc2OCc2cccs2)CC1. The van der Waals surface area contributed by atoms with Crippen molar-refractivity contribution in [1.82, 2.24) is 14.8 Å². The van der Waals surface area contributed by atoms with Crippen molar-refractivity contribution in [2.75, 3.05) is 44.2 Å². The molecule has 1 amide bonds. The minimum Gasteiger partial charge on any atom is -0.486 e. The van der Waals surface area contributed by atoms with Gasteiger partial charge < -0.3 is 19.5 Å². The lowest BCUT2D eigenvalue weighted by Gasteiger charge is -2.36. The summed E-state index contributed by atoms with van der Waals surface area (Å²) in [5.74, 6) is 0.923. The smallest absolute Gasteiger partial charge is 0.267 e. The summed E-state index contributed by atoms with van der Waals surface area (Å²) in [7, 11) is 1.89. The van der Waals surface area contributed by atoms with Crippen molar-refractivity contribution in [3.63, 3.8) is 0 Å². The van der Waals surface area contributed by atoms with Gasteiger partial charge >= 0.3 is 0 Å². The number of benzene rings is 1. The molecule has 1 aromatic carbocycles. The number of piperazine rings is 1. The molecule has 2 aromatic heterocycles. The monoisotopic (exact) mass is 424 g/mol. The molecule has 30 heavy (non-hydrogen) atoms. The highest BCUT2D eigenvalue weighted by atomic mass is 32.1. The summed E-state index contributed by atoms with van der Waals surface area (Å²) >= 11 is 1.72. The zero-order valence-electron chi connectivity index (χ0n) is 17.3. The van der Waals surface area contributed by atoms with Crippen LogP contribution in [-0.4, -0.2) is 54.6 Å². The number of aryl methyl sites for hydroxylation is 1. The molecular weight excluding hydrogens is 396 g/mol. The van der Waals surface area contributed by atoms with E-state index in [0.29, 0.717) is 18.8 Å². The standard InChI is InChI=1S/C23H28N4O2S/c1-25-11-4-8-21(25)23(28)24-10-12-26-13-15-27(16-14-26)20-7-2-3-9-22(20)29-18-19-6-5-17-30-19/h2-9,11,17H,10,12-16,18H2,1H3,(H,24,28). The Hall–Kier alpha value is -2.77. The second-order valence-corrected chi connectivity index (χ2v) is 8.46. The van der Waals surface area contributed by atoms with Gasteiger partial charge in [0.1, 0.15) is 18.1 Å². The number of ether oxygens (including phenoxy) is 1. The van der Waals surface area contributed by atoms with Crippen molar-refractivity contribution in [1.29, 1.82) is 0 Å². The van der Waals surface area contributed by atoms with Crippen LogP contribution in [0.5, 0.6) is 5.75 Å². The molecular formula is C23H28N4O2S. The molecule has 1 saturated heterocycles. The molecule has 0 unspecified atom stereocenters. The fraction of sp³-hybridized carbons (Fsp3) is 0.348. The first-order valence-corrected chi connectivity index (χ1v) is 11.2. The largest absolute Gasteiger partial charge is 0.486 e. The van der Waals surface area contributed by atoms with E-state index in [1.54, 1.807) is 11.3 Å². The number of carbonyl (C=O) groups excluding carboxylic acids is 1. The number of carbonyl (C=O) groups is 1. The van der Waals surface area contributed by atoms with E-state index in [0.717, 1.165) is 44.2 Å². The lowest BCUT2D eigenvalue weighted by Crippen LogP contribution is -2.48. The van der Waals surface area contributed by atoms with Crippen LogP contribution in [0.15, 0.2) is 60.1 Å². The van der Waals surface area contributed by atoms with Gasteiger partial charge in [0.05, 0.1) is 5.69 Å². The predicted molar refractivity (Wildman–Crippen MR) is 121 cm³/mol. The summed E-state index contributed by atoms with van der Waals surface area (Å²) in [6, 6.07) is 16.2. The Labute approximate surface area is 181 Å². The van der Waals surface area contributed by atoms with Crippen LogP contribution in [0.2, 0.25) is 0 Å². The highest BCUT2D eigenvalue weighted by molar-refractivity contribution is 7.09. The molecule has 1 aliphatic heterocycles. The van der Waals surface area contributed by atoms with Gasteiger partial charge in [-0.05, 0) is 35.7 Å². The van der Waals surface area contributed by atoms with Crippen molar-refractivity contribution in [2.24, 2.45) is 7.05 Å². The second-order valence-electron chi connectivity index (χ2n) is 7.42. The second kappa shape index (κ2) is 9.82. The van der Waals surface area contributed by atoms with Gasteiger partial charge in [0, 0.05) is 57.4 Å². The maximum absolute atomic E-state index is 12.2. The van der Waals surface area contributed by atoms with Crippen molar-refractivity contribution in [2.45, 2.75) is 6.61 Å². The summed E-state index contributed by atoms with van der Waals surface area (Å²) in [4.78, 5) is 18.2. The number of aromatic nitrogens is 1. The van der Waals surface area contributed by atoms with E-state index in [9.17, 15) is 4.79 Å². The molecule has 0 spiro atoms. The van der Waals surface area contributed by atoms with E-state index in [2.05, 4.69) is 50.8 Å².